The molecule has 2 fully saturated rings. The molecule has 0 bridgehead atoms. The lowest BCUT2D eigenvalue weighted by molar-refractivity contribution is 0.0471. The predicted molar refractivity (Wildman–Crippen MR) is 73.9 cm³/mol. The van der Waals surface area contributed by atoms with Crippen LogP contribution in [0.15, 0.2) is 18.2 Å². The first-order chi connectivity index (χ1) is 10.1. The fraction of sp³-hybridized carbons (Fsp3) is 0.562. The lowest BCUT2D eigenvalue weighted by Crippen LogP contribution is -2.31. The number of hydrogen-bond donors (Lipinski definition) is 0. The highest BCUT2D eigenvalue weighted by molar-refractivity contribution is 5.94. The van der Waals surface area contributed by atoms with Crippen LogP contribution in [0.2, 0.25) is 0 Å². The number of nitrogens with zero attached hydrogens (tertiary/aromatic N) is 1. The van der Waals surface area contributed by atoms with Crippen LogP contribution in [0.25, 0.3) is 0 Å². The second kappa shape index (κ2) is 6.10. The van der Waals surface area contributed by atoms with Crippen LogP contribution in [0.1, 0.15) is 29.6 Å². The molecule has 2 aliphatic rings. The van der Waals surface area contributed by atoms with Crippen molar-refractivity contribution in [1.82, 2.24) is 4.90 Å². The Kier molecular flexibility index (Phi) is 4.19. The summed E-state index contributed by atoms with van der Waals surface area (Å²) in [5.41, 5.74) is 0.0973. The molecule has 0 aromatic heterocycles. The normalized spacial score (nSPS) is 23.5. The molecule has 1 atom stereocenters. The van der Waals surface area contributed by atoms with Gasteiger partial charge in [0.05, 0.1) is 0 Å². The number of halogens is 2. The van der Waals surface area contributed by atoms with Gasteiger partial charge >= 0.3 is 0 Å². The molecule has 0 spiro atoms. The Morgan fingerprint density at radius 1 is 1.05 bits per heavy atom. The van der Waals surface area contributed by atoms with Crippen molar-refractivity contribution in [1.29, 1.82) is 0 Å². The second-order valence-electron chi connectivity index (χ2n) is 5.91. The molecule has 0 N–H and O–H groups in total. The Morgan fingerprint density at radius 2 is 1.71 bits per heavy atom. The average Bonchev–Trinajstić information content (AvgIpc) is 2.96. The lowest BCUT2D eigenvalue weighted by atomic mass is 9.85. The molecule has 2 heterocycles. The molecule has 3 rings (SSSR count). The summed E-state index contributed by atoms with van der Waals surface area (Å²) in [5.74, 6) is -0.614. The number of carbonyl (C=O) groups excluding carboxylic acids is 1. The van der Waals surface area contributed by atoms with Gasteiger partial charge in [0.25, 0.3) is 5.91 Å². The van der Waals surface area contributed by atoms with Gasteiger partial charge in [0.1, 0.15) is 11.6 Å². The molecular formula is C16H19F2NO2. The number of rotatable bonds is 2. The summed E-state index contributed by atoms with van der Waals surface area (Å²) in [6.45, 7) is 2.94. The molecular weight excluding hydrogens is 276 g/mol. The first kappa shape index (κ1) is 14.4. The summed E-state index contributed by atoms with van der Waals surface area (Å²) < 4.78 is 31.8. The zero-order valence-corrected chi connectivity index (χ0v) is 11.9. The molecule has 114 valence electrons. The fourth-order valence-electron chi connectivity index (χ4n) is 3.40. The Morgan fingerprint density at radius 3 is 2.38 bits per heavy atom. The minimum Gasteiger partial charge on any atom is -0.381 e. The van der Waals surface area contributed by atoms with Gasteiger partial charge in [-0.15, -0.1) is 0 Å². The maximum Gasteiger partial charge on any atom is 0.254 e. The van der Waals surface area contributed by atoms with Gasteiger partial charge in [0, 0.05) is 37.9 Å². The minimum atomic E-state index is -0.710. The van der Waals surface area contributed by atoms with Gasteiger partial charge in [-0.1, -0.05) is 0 Å². The van der Waals surface area contributed by atoms with E-state index in [0.29, 0.717) is 24.9 Å². The zero-order valence-electron chi connectivity index (χ0n) is 11.9. The summed E-state index contributed by atoms with van der Waals surface area (Å²) in [6.07, 6.45) is 3.05. The summed E-state index contributed by atoms with van der Waals surface area (Å²) in [7, 11) is 0. The first-order valence-electron chi connectivity index (χ1n) is 7.46. The largest absolute Gasteiger partial charge is 0.381 e. The molecule has 0 radical (unpaired) electrons. The first-order valence-corrected chi connectivity index (χ1v) is 7.46. The summed E-state index contributed by atoms with van der Waals surface area (Å²) in [5, 5.41) is 0. The number of ether oxygens (including phenoxy) is 1. The number of hydrogen-bond acceptors (Lipinski definition) is 2. The van der Waals surface area contributed by atoms with E-state index in [2.05, 4.69) is 0 Å². The van der Waals surface area contributed by atoms with E-state index < -0.39 is 11.6 Å². The van der Waals surface area contributed by atoms with Crippen LogP contribution in [0.3, 0.4) is 0 Å². The van der Waals surface area contributed by atoms with Gasteiger partial charge in [-0.25, -0.2) is 8.78 Å². The highest BCUT2D eigenvalue weighted by Gasteiger charge is 2.33. The third-order valence-corrected chi connectivity index (χ3v) is 4.55. The minimum absolute atomic E-state index is 0.0973. The van der Waals surface area contributed by atoms with Gasteiger partial charge in [-0.05, 0) is 43.2 Å². The monoisotopic (exact) mass is 295 g/mol. The Balaban J connectivity index is 1.66. The van der Waals surface area contributed by atoms with Crippen molar-refractivity contribution in [3.63, 3.8) is 0 Å². The molecule has 5 heteroatoms. The molecule has 0 unspecified atom stereocenters. The molecule has 1 aromatic carbocycles. The SMILES string of the molecule is O=C(c1cc(F)cc(F)c1)N1CC[C@H](C2CCOCC2)C1. The standard InChI is InChI=1S/C16H19F2NO2/c17-14-7-13(8-15(18)9-14)16(20)19-4-1-12(10-19)11-2-5-21-6-3-11/h7-9,11-12H,1-6,10H2/t12-/m0/s1. The van der Waals surface area contributed by atoms with Crippen molar-refractivity contribution in [2.75, 3.05) is 26.3 Å². The van der Waals surface area contributed by atoms with Crippen molar-refractivity contribution < 1.29 is 18.3 Å². The van der Waals surface area contributed by atoms with Crippen molar-refractivity contribution in [2.24, 2.45) is 11.8 Å². The van der Waals surface area contributed by atoms with E-state index in [1.54, 1.807) is 4.90 Å². The molecule has 0 aliphatic carbocycles. The van der Waals surface area contributed by atoms with Gasteiger partial charge in [0.2, 0.25) is 0 Å². The van der Waals surface area contributed by atoms with Crippen LogP contribution in [0, 0.1) is 23.5 Å². The maximum absolute atomic E-state index is 13.2. The van der Waals surface area contributed by atoms with Gasteiger partial charge in [0.15, 0.2) is 0 Å². The predicted octanol–water partition coefficient (Wildman–Crippen LogP) is 2.85. The highest BCUT2D eigenvalue weighted by Crippen LogP contribution is 2.31. The van der Waals surface area contributed by atoms with E-state index in [4.69, 9.17) is 4.74 Å². The lowest BCUT2D eigenvalue weighted by Gasteiger charge is -2.27. The quantitative estimate of drug-likeness (QED) is 0.839. The van der Waals surface area contributed by atoms with Crippen molar-refractivity contribution in [2.45, 2.75) is 19.3 Å². The van der Waals surface area contributed by atoms with Gasteiger partial charge < -0.3 is 9.64 Å². The molecule has 1 amide bonds. The van der Waals surface area contributed by atoms with Crippen LogP contribution in [-0.4, -0.2) is 37.1 Å². The number of benzene rings is 1. The Labute approximate surface area is 122 Å². The van der Waals surface area contributed by atoms with Crippen LogP contribution in [0.5, 0.6) is 0 Å². The van der Waals surface area contributed by atoms with E-state index in [9.17, 15) is 13.6 Å². The topological polar surface area (TPSA) is 29.5 Å². The molecule has 1 aromatic rings. The van der Waals surface area contributed by atoms with E-state index in [0.717, 1.165) is 50.7 Å². The summed E-state index contributed by atoms with van der Waals surface area (Å²) >= 11 is 0. The maximum atomic E-state index is 13.2. The third kappa shape index (κ3) is 3.23. The van der Waals surface area contributed by atoms with Crippen molar-refractivity contribution in [3.8, 4) is 0 Å². The van der Waals surface area contributed by atoms with E-state index >= 15 is 0 Å². The highest BCUT2D eigenvalue weighted by atomic mass is 19.1. The zero-order chi connectivity index (χ0) is 14.8. The molecule has 21 heavy (non-hydrogen) atoms. The Hall–Kier alpha value is -1.49. The number of amides is 1. The average molecular weight is 295 g/mol. The summed E-state index contributed by atoms with van der Waals surface area (Å²) in [6, 6.07) is 2.99. The molecule has 2 aliphatic heterocycles. The van der Waals surface area contributed by atoms with E-state index in [1.807, 2.05) is 0 Å². The summed E-state index contributed by atoms with van der Waals surface area (Å²) in [4.78, 5) is 14.1. The van der Waals surface area contributed by atoms with Crippen LogP contribution < -0.4 is 0 Å². The number of carbonyl (C=O) groups is 1. The van der Waals surface area contributed by atoms with Crippen LogP contribution >= 0.6 is 0 Å². The smallest absolute Gasteiger partial charge is 0.254 e. The van der Waals surface area contributed by atoms with Crippen molar-refractivity contribution in [3.05, 3.63) is 35.4 Å². The van der Waals surface area contributed by atoms with E-state index in [1.165, 1.54) is 0 Å². The van der Waals surface area contributed by atoms with Gasteiger partial charge in [-0.2, -0.15) is 0 Å². The molecule has 2 saturated heterocycles. The van der Waals surface area contributed by atoms with Gasteiger partial charge in [-0.3, -0.25) is 4.79 Å². The van der Waals surface area contributed by atoms with Crippen molar-refractivity contribution >= 4 is 5.91 Å². The fourth-order valence-corrected chi connectivity index (χ4v) is 3.40. The Bertz CT molecular complexity index is 509. The second-order valence-corrected chi connectivity index (χ2v) is 5.91. The van der Waals surface area contributed by atoms with Crippen LogP contribution in [0.4, 0.5) is 8.78 Å². The molecule has 0 saturated carbocycles. The third-order valence-electron chi connectivity index (χ3n) is 4.55. The van der Waals surface area contributed by atoms with Crippen LogP contribution in [-0.2, 0) is 4.74 Å². The molecule has 3 nitrogen and oxygen atoms in total. The van der Waals surface area contributed by atoms with E-state index in [-0.39, 0.29) is 11.5 Å². The number of likely N-dealkylation sites (tertiary alicyclic amines) is 1.